The van der Waals surface area contributed by atoms with Crippen molar-refractivity contribution in [3.8, 4) is 22.6 Å². The van der Waals surface area contributed by atoms with Gasteiger partial charge in [0.15, 0.2) is 0 Å². The van der Waals surface area contributed by atoms with Crippen LogP contribution in [0.5, 0.6) is 0 Å². The van der Waals surface area contributed by atoms with Crippen LogP contribution in [-0.4, -0.2) is 4.57 Å². The quantitative estimate of drug-likeness (QED) is 0.591. The zero-order valence-electron chi connectivity index (χ0n) is 16.3. The lowest BCUT2D eigenvalue weighted by Crippen LogP contribution is -2.35. The van der Waals surface area contributed by atoms with E-state index in [1.165, 1.54) is 33.8 Å². The Morgan fingerprint density at radius 3 is 2.24 bits per heavy atom. The van der Waals surface area contributed by atoms with Crippen molar-refractivity contribution in [1.29, 1.82) is 0 Å². The zero-order valence-corrected chi connectivity index (χ0v) is 16.3. The molecule has 0 spiro atoms. The third kappa shape index (κ3) is 3.68. The summed E-state index contributed by atoms with van der Waals surface area (Å²) >= 11 is 0. The summed E-state index contributed by atoms with van der Waals surface area (Å²) in [7, 11) is 4.28. The Balaban J connectivity index is 2.26. The van der Waals surface area contributed by atoms with Crippen LogP contribution in [0.1, 0.15) is 31.9 Å². The van der Waals surface area contributed by atoms with Crippen LogP contribution in [0, 0.1) is 12.3 Å². The molecule has 2 nitrogen and oxygen atoms in total. The fourth-order valence-electron chi connectivity index (χ4n) is 3.52. The fraction of sp³-hybridized carbons (Fsp3) is 0.348. The van der Waals surface area contributed by atoms with Crippen molar-refractivity contribution in [3.05, 3.63) is 65.9 Å². The number of benzene rings is 1. The van der Waals surface area contributed by atoms with Gasteiger partial charge in [-0.3, -0.25) is 0 Å². The molecule has 0 radical (unpaired) electrons. The van der Waals surface area contributed by atoms with E-state index in [9.17, 15) is 0 Å². The molecular weight excluding hydrogens is 304 g/mol. The predicted molar refractivity (Wildman–Crippen MR) is 105 cm³/mol. The average molecular weight is 333 g/mol. The van der Waals surface area contributed by atoms with E-state index in [0.29, 0.717) is 0 Å². The summed E-state index contributed by atoms with van der Waals surface area (Å²) in [6.07, 6.45) is 3.17. The van der Waals surface area contributed by atoms with Crippen LogP contribution >= 0.6 is 0 Å². The molecular formula is C23H29N2+. The van der Waals surface area contributed by atoms with Gasteiger partial charge in [-0.2, -0.15) is 4.57 Å². The molecule has 0 bridgehead atoms. The number of aryl methyl sites for hydroxylation is 2. The zero-order chi connectivity index (χ0) is 18.2. The normalized spacial score (nSPS) is 11.8. The van der Waals surface area contributed by atoms with Crippen molar-refractivity contribution in [2.75, 3.05) is 0 Å². The van der Waals surface area contributed by atoms with E-state index in [-0.39, 0.29) is 5.41 Å². The van der Waals surface area contributed by atoms with E-state index in [0.717, 1.165) is 6.42 Å². The standard InChI is InChI=1S/C23H29N2/c1-17-10-7-8-11-19(17)21-14-18(16-23(2,3)4)15-22(25(21)6)20-12-9-13-24(20)5/h7-15H,16H2,1-6H3/q+1. The third-order valence-corrected chi connectivity index (χ3v) is 4.73. The van der Waals surface area contributed by atoms with E-state index >= 15 is 0 Å². The fourth-order valence-corrected chi connectivity index (χ4v) is 3.52. The summed E-state index contributed by atoms with van der Waals surface area (Å²) < 4.78 is 4.52. The highest BCUT2D eigenvalue weighted by atomic mass is 15.0. The Morgan fingerprint density at radius 1 is 0.960 bits per heavy atom. The minimum absolute atomic E-state index is 0.258. The van der Waals surface area contributed by atoms with Gasteiger partial charge >= 0.3 is 0 Å². The molecule has 0 amide bonds. The van der Waals surface area contributed by atoms with Gasteiger partial charge in [-0.05, 0) is 48.1 Å². The molecule has 1 aromatic carbocycles. The maximum absolute atomic E-state index is 2.36. The third-order valence-electron chi connectivity index (χ3n) is 4.73. The van der Waals surface area contributed by atoms with Crippen molar-refractivity contribution >= 4 is 0 Å². The van der Waals surface area contributed by atoms with Crippen LogP contribution in [0.2, 0.25) is 0 Å². The minimum Gasteiger partial charge on any atom is -0.346 e. The number of hydrogen-bond acceptors (Lipinski definition) is 0. The minimum atomic E-state index is 0.258. The van der Waals surface area contributed by atoms with Crippen molar-refractivity contribution < 1.29 is 4.57 Å². The van der Waals surface area contributed by atoms with Crippen LogP contribution in [0.25, 0.3) is 22.6 Å². The number of nitrogens with zero attached hydrogens (tertiary/aromatic N) is 2. The number of aromatic nitrogens is 2. The van der Waals surface area contributed by atoms with E-state index in [4.69, 9.17) is 0 Å². The summed E-state index contributed by atoms with van der Waals surface area (Å²) in [6.45, 7) is 9.09. The second-order valence-electron chi connectivity index (χ2n) is 8.25. The van der Waals surface area contributed by atoms with Gasteiger partial charge in [-0.25, -0.2) is 0 Å². The molecule has 0 aliphatic carbocycles. The topological polar surface area (TPSA) is 8.81 Å². The lowest BCUT2D eigenvalue weighted by molar-refractivity contribution is -0.649. The van der Waals surface area contributed by atoms with Crippen molar-refractivity contribution in [1.82, 2.24) is 4.57 Å². The SMILES string of the molecule is Cc1ccccc1-c1cc(CC(C)(C)C)cc(-c2cccn2C)[n+]1C. The highest BCUT2D eigenvalue weighted by molar-refractivity contribution is 5.64. The lowest BCUT2D eigenvalue weighted by atomic mass is 9.87. The van der Waals surface area contributed by atoms with Gasteiger partial charge in [0.05, 0.1) is 0 Å². The second-order valence-corrected chi connectivity index (χ2v) is 8.25. The smallest absolute Gasteiger partial charge is 0.229 e. The molecule has 0 fully saturated rings. The Morgan fingerprint density at radius 2 is 1.64 bits per heavy atom. The summed E-state index contributed by atoms with van der Waals surface area (Å²) in [5, 5.41) is 0. The second kappa shape index (κ2) is 6.51. The first kappa shape index (κ1) is 17.5. The van der Waals surface area contributed by atoms with E-state index in [1.54, 1.807) is 0 Å². The first-order chi connectivity index (χ1) is 11.8. The van der Waals surface area contributed by atoms with Gasteiger partial charge in [0.1, 0.15) is 12.7 Å². The molecule has 130 valence electrons. The van der Waals surface area contributed by atoms with E-state index < -0.39 is 0 Å². The van der Waals surface area contributed by atoms with Gasteiger partial charge in [-0.1, -0.05) is 39.0 Å². The molecule has 0 saturated carbocycles. The van der Waals surface area contributed by atoms with E-state index in [2.05, 4.69) is 106 Å². The molecule has 0 saturated heterocycles. The van der Waals surface area contributed by atoms with Crippen molar-refractivity contribution in [2.24, 2.45) is 19.5 Å². The summed E-state index contributed by atoms with van der Waals surface area (Å²) in [4.78, 5) is 0. The summed E-state index contributed by atoms with van der Waals surface area (Å²) in [5.74, 6) is 0. The van der Waals surface area contributed by atoms with Crippen molar-refractivity contribution in [2.45, 2.75) is 34.1 Å². The van der Waals surface area contributed by atoms with Gasteiger partial charge in [0, 0.05) is 30.9 Å². The van der Waals surface area contributed by atoms with Crippen LogP contribution in [0.15, 0.2) is 54.7 Å². The molecule has 0 aliphatic rings. The van der Waals surface area contributed by atoms with Gasteiger partial charge in [-0.15, -0.1) is 0 Å². The maximum atomic E-state index is 2.36. The summed E-state index contributed by atoms with van der Waals surface area (Å²) in [5.41, 5.74) is 8.03. The molecule has 25 heavy (non-hydrogen) atoms. The Kier molecular flexibility index (Phi) is 4.55. The highest BCUT2D eigenvalue weighted by Crippen LogP contribution is 2.28. The first-order valence-corrected chi connectivity index (χ1v) is 8.97. The number of pyridine rings is 1. The van der Waals surface area contributed by atoms with Crippen LogP contribution in [-0.2, 0) is 20.5 Å². The molecule has 2 heteroatoms. The average Bonchev–Trinajstić information content (AvgIpc) is 2.94. The molecule has 0 N–H and O–H groups in total. The molecule has 2 aromatic heterocycles. The monoisotopic (exact) mass is 333 g/mol. The van der Waals surface area contributed by atoms with Crippen LogP contribution in [0.4, 0.5) is 0 Å². The number of rotatable bonds is 3. The van der Waals surface area contributed by atoms with Crippen molar-refractivity contribution in [3.63, 3.8) is 0 Å². The largest absolute Gasteiger partial charge is 0.346 e. The first-order valence-electron chi connectivity index (χ1n) is 8.97. The molecule has 3 rings (SSSR count). The van der Waals surface area contributed by atoms with E-state index in [1.807, 2.05) is 0 Å². The molecule has 3 aromatic rings. The van der Waals surface area contributed by atoms with Gasteiger partial charge in [0.2, 0.25) is 11.4 Å². The van der Waals surface area contributed by atoms with Gasteiger partial charge < -0.3 is 4.57 Å². The predicted octanol–water partition coefficient (Wildman–Crippen LogP) is 5.08. The molecule has 0 atom stereocenters. The Labute approximate surface area is 151 Å². The molecule has 2 heterocycles. The van der Waals surface area contributed by atoms with Gasteiger partial charge in [0.25, 0.3) is 0 Å². The van der Waals surface area contributed by atoms with Crippen LogP contribution < -0.4 is 4.57 Å². The summed E-state index contributed by atoms with van der Waals surface area (Å²) in [6, 6.07) is 17.7. The maximum Gasteiger partial charge on any atom is 0.229 e. The highest BCUT2D eigenvalue weighted by Gasteiger charge is 2.23. The Bertz CT molecular complexity index is 895. The molecule has 0 unspecified atom stereocenters. The number of hydrogen-bond donors (Lipinski definition) is 0. The molecule has 0 aliphatic heterocycles. The Hall–Kier alpha value is -2.35. The lowest BCUT2D eigenvalue weighted by Gasteiger charge is -2.19. The van der Waals surface area contributed by atoms with Crippen LogP contribution in [0.3, 0.4) is 0 Å².